The molecule has 0 saturated carbocycles. The van der Waals surface area contributed by atoms with Crippen LogP contribution in [0, 0.1) is 5.82 Å². The summed E-state index contributed by atoms with van der Waals surface area (Å²) in [6, 6.07) is 12.4. The molecule has 0 fully saturated rings. The summed E-state index contributed by atoms with van der Waals surface area (Å²) in [5, 5.41) is 18.2. The summed E-state index contributed by atoms with van der Waals surface area (Å²) in [5.74, 6) is -2.19. The number of carbonyl (C=O) groups is 3. The van der Waals surface area contributed by atoms with Crippen molar-refractivity contribution in [3.63, 3.8) is 0 Å². The molecule has 1 aromatic heterocycles. The number of ketones is 1. The van der Waals surface area contributed by atoms with Crippen LogP contribution in [0.15, 0.2) is 48.5 Å². The summed E-state index contributed by atoms with van der Waals surface area (Å²) >= 11 is 5.98. The van der Waals surface area contributed by atoms with E-state index in [0.29, 0.717) is 21.7 Å². The summed E-state index contributed by atoms with van der Waals surface area (Å²) < 4.78 is 19.0. The molecule has 0 radical (unpaired) electrons. The first kappa shape index (κ1) is 26.0. The quantitative estimate of drug-likeness (QED) is 0.221. The number of H-pyrrole nitrogens is 1. The Morgan fingerprint density at radius 2 is 1.91 bits per heavy atom. The molecule has 0 bridgehead atoms. The Hall–Kier alpha value is -3.60. The lowest BCUT2D eigenvalue weighted by molar-refractivity contribution is -0.154. The molecule has 9 nitrogen and oxygen atoms in total. The summed E-state index contributed by atoms with van der Waals surface area (Å²) in [5.41, 5.74) is 4.35. The number of hydrogen-bond donors (Lipinski definition) is 3. The normalized spacial score (nSPS) is 11.8. The summed E-state index contributed by atoms with van der Waals surface area (Å²) in [7, 11) is 0. The zero-order valence-electron chi connectivity index (χ0n) is 19.0. The van der Waals surface area contributed by atoms with Crippen molar-refractivity contribution in [2.24, 2.45) is 0 Å². The molecule has 0 aliphatic rings. The predicted molar refractivity (Wildman–Crippen MR) is 126 cm³/mol. The van der Waals surface area contributed by atoms with Gasteiger partial charge in [0.1, 0.15) is 17.2 Å². The number of hydrogen-bond acceptors (Lipinski definition) is 7. The fourth-order valence-corrected chi connectivity index (χ4v) is 3.39. The van der Waals surface area contributed by atoms with E-state index in [1.165, 1.54) is 36.2 Å². The van der Waals surface area contributed by atoms with Gasteiger partial charge in [0, 0.05) is 24.1 Å². The van der Waals surface area contributed by atoms with Crippen LogP contribution in [0.4, 0.5) is 4.39 Å². The van der Waals surface area contributed by atoms with E-state index < -0.39 is 23.8 Å². The van der Waals surface area contributed by atoms with Crippen molar-refractivity contribution in [1.29, 1.82) is 0 Å². The smallest absolute Gasteiger partial charge is 0.336 e. The highest BCUT2D eigenvalue weighted by atomic mass is 35.5. The number of nitrogens with one attached hydrogen (secondary N) is 2. The van der Waals surface area contributed by atoms with E-state index in [2.05, 4.69) is 15.6 Å². The highest BCUT2D eigenvalue weighted by molar-refractivity contribution is 6.30. The minimum atomic E-state index is -1.52. The van der Waals surface area contributed by atoms with Crippen LogP contribution in [0.1, 0.15) is 40.4 Å². The molecule has 0 spiro atoms. The number of halogens is 2. The molecule has 3 aromatic rings. The number of hydrazine groups is 1. The van der Waals surface area contributed by atoms with Gasteiger partial charge in [0.25, 0.3) is 5.91 Å². The number of ether oxygens (including phenoxy) is 1. The second-order valence-electron chi connectivity index (χ2n) is 7.63. The van der Waals surface area contributed by atoms with Gasteiger partial charge in [-0.3, -0.25) is 20.1 Å². The van der Waals surface area contributed by atoms with E-state index in [-0.39, 0.29) is 36.9 Å². The zero-order chi connectivity index (χ0) is 25.5. The average Bonchev–Trinajstić information content (AvgIpc) is 3.32. The maximum Gasteiger partial charge on any atom is 0.336 e. The number of Topliss-reactive ketones (excluding diaryl/α,β-unsaturated/α-hetero) is 1. The van der Waals surface area contributed by atoms with Crippen molar-refractivity contribution >= 4 is 29.3 Å². The predicted octanol–water partition coefficient (Wildman–Crippen LogP) is 3.14. The van der Waals surface area contributed by atoms with Gasteiger partial charge in [0.05, 0.1) is 13.2 Å². The van der Waals surface area contributed by atoms with Crippen LogP contribution in [0.25, 0.3) is 11.1 Å². The van der Waals surface area contributed by atoms with E-state index in [0.717, 1.165) is 0 Å². The monoisotopic (exact) mass is 502 g/mol. The Kier molecular flexibility index (Phi) is 8.69. The lowest BCUT2D eigenvalue weighted by Crippen LogP contribution is -2.47. The van der Waals surface area contributed by atoms with E-state index in [9.17, 15) is 23.9 Å². The van der Waals surface area contributed by atoms with Crippen molar-refractivity contribution in [2.75, 3.05) is 13.2 Å². The first-order valence-corrected chi connectivity index (χ1v) is 11.1. The topological polar surface area (TPSA) is 125 Å². The molecule has 1 amide bonds. The van der Waals surface area contributed by atoms with Crippen molar-refractivity contribution in [2.45, 2.75) is 26.5 Å². The van der Waals surface area contributed by atoms with E-state index >= 15 is 0 Å². The van der Waals surface area contributed by atoms with Gasteiger partial charge in [-0.25, -0.2) is 14.2 Å². The Morgan fingerprint density at radius 1 is 1.20 bits per heavy atom. The van der Waals surface area contributed by atoms with Crippen LogP contribution in [0.5, 0.6) is 0 Å². The van der Waals surface area contributed by atoms with Crippen LogP contribution in [-0.4, -0.2) is 57.2 Å². The highest BCUT2D eigenvalue weighted by Crippen LogP contribution is 2.26. The first-order chi connectivity index (χ1) is 16.7. The number of carbonyl (C=O) groups excluding carboxylic acids is 3. The zero-order valence-corrected chi connectivity index (χ0v) is 19.8. The van der Waals surface area contributed by atoms with Crippen molar-refractivity contribution in [1.82, 2.24) is 20.6 Å². The van der Waals surface area contributed by atoms with Gasteiger partial charge in [-0.2, -0.15) is 5.10 Å². The molecule has 2 aromatic carbocycles. The molecule has 184 valence electrons. The molecular weight excluding hydrogens is 479 g/mol. The summed E-state index contributed by atoms with van der Waals surface area (Å²) in [6.45, 7) is 2.83. The highest BCUT2D eigenvalue weighted by Gasteiger charge is 2.23. The minimum absolute atomic E-state index is 0.0256. The molecule has 0 aliphatic heterocycles. The Bertz CT molecular complexity index is 1210. The van der Waals surface area contributed by atoms with Crippen LogP contribution in [0.3, 0.4) is 0 Å². The third kappa shape index (κ3) is 6.95. The molecule has 1 heterocycles. The number of aliphatic hydroxyl groups excluding tert-OH is 1. The van der Waals surface area contributed by atoms with Gasteiger partial charge in [-0.15, -0.1) is 0 Å². The van der Waals surface area contributed by atoms with Gasteiger partial charge < -0.3 is 9.84 Å². The summed E-state index contributed by atoms with van der Waals surface area (Å²) in [4.78, 5) is 36.1. The van der Waals surface area contributed by atoms with Crippen LogP contribution in [-0.2, 0) is 16.1 Å². The number of aliphatic hydroxyl groups is 1. The number of rotatable bonds is 10. The van der Waals surface area contributed by atoms with Gasteiger partial charge in [0.2, 0.25) is 0 Å². The average molecular weight is 503 g/mol. The first-order valence-electron chi connectivity index (χ1n) is 10.7. The molecule has 35 heavy (non-hydrogen) atoms. The second-order valence-corrected chi connectivity index (χ2v) is 8.07. The Morgan fingerprint density at radius 3 is 2.54 bits per heavy atom. The van der Waals surface area contributed by atoms with E-state index in [1.807, 2.05) is 0 Å². The lowest BCUT2D eigenvalue weighted by atomic mass is 10.0. The molecule has 0 aliphatic carbocycles. The van der Waals surface area contributed by atoms with Gasteiger partial charge >= 0.3 is 5.97 Å². The van der Waals surface area contributed by atoms with Crippen molar-refractivity contribution in [3.05, 3.63) is 76.3 Å². The molecule has 11 heteroatoms. The van der Waals surface area contributed by atoms with Crippen molar-refractivity contribution < 1.29 is 28.6 Å². The molecule has 1 atom stereocenters. The Balaban J connectivity index is 1.78. The van der Waals surface area contributed by atoms with Crippen LogP contribution in [0.2, 0.25) is 5.02 Å². The SMILES string of the molecule is CCOC(=O)[C@H](O)CN(Cc1ccc(-c2cc(Cl)ccc2F)cc1)NC(=O)c1cc(C(C)=O)n[nH]1. The fraction of sp³-hybridized carbons (Fsp3) is 0.250. The van der Waals surface area contributed by atoms with Crippen LogP contribution >= 0.6 is 11.6 Å². The van der Waals surface area contributed by atoms with Gasteiger partial charge in [-0.1, -0.05) is 35.9 Å². The molecular formula is C24H24ClFN4O5. The minimum Gasteiger partial charge on any atom is -0.464 e. The van der Waals surface area contributed by atoms with Gasteiger partial charge in [0.15, 0.2) is 11.9 Å². The molecule has 0 saturated heterocycles. The molecule has 0 unspecified atom stereocenters. The number of amides is 1. The number of aromatic nitrogens is 2. The standard InChI is InChI=1S/C24H24ClFN4O5/c1-3-35-24(34)22(32)13-30(29-23(33)21-11-20(14(2)31)27-28-21)12-15-4-6-16(7-5-15)18-10-17(25)8-9-19(18)26/h4-11,22,32H,3,12-13H2,1-2H3,(H,27,28)(H,29,33)/t22-/m1/s1. The fourth-order valence-electron chi connectivity index (χ4n) is 3.22. The number of esters is 1. The maximum atomic E-state index is 14.2. The van der Waals surface area contributed by atoms with Crippen molar-refractivity contribution in [3.8, 4) is 11.1 Å². The molecule has 3 N–H and O–H groups in total. The third-order valence-corrected chi connectivity index (χ3v) is 5.20. The number of aromatic amines is 1. The van der Waals surface area contributed by atoms with Gasteiger partial charge in [-0.05, 0) is 42.3 Å². The Labute approximate surface area is 205 Å². The third-order valence-electron chi connectivity index (χ3n) is 4.96. The number of benzene rings is 2. The number of nitrogens with zero attached hydrogens (tertiary/aromatic N) is 2. The lowest BCUT2D eigenvalue weighted by Gasteiger charge is -2.25. The summed E-state index contributed by atoms with van der Waals surface area (Å²) in [6.07, 6.45) is -1.52. The van der Waals surface area contributed by atoms with Crippen LogP contribution < -0.4 is 5.43 Å². The van der Waals surface area contributed by atoms with E-state index in [4.69, 9.17) is 16.3 Å². The maximum absolute atomic E-state index is 14.2. The van der Waals surface area contributed by atoms with E-state index in [1.54, 1.807) is 31.2 Å². The second kappa shape index (κ2) is 11.7. The largest absolute Gasteiger partial charge is 0.464 e. The molecule has 3 rings (SSSR count).